The van der Waals surface area contributed by atoms with Crippen molar-refractivity contribution in [2.45, 2.75) is 37.8 Å². The number of ether oxygens (including phenoxy) is 2. The molecule has 1 amide bonds. The molecule has 1 heterocycles. The number of carbonyl (C=O) groups excluding carboxylic acids is 1. The van der Waals surface area contributed by atoms with Crippen LogP contribution in [0.3, 0.4) is 0 Å². The van der Waals surface area contributed by atoms with Gasteiger partial charge in [0.25, 0.3) is 5.91 Å². The summed E-state index contributed by atoms with van der Waals surface area (Å²) in [5.41, 5.74) is 8.06. The second-order valence-corrected chi connectivity index (χ2v) is 7.00. The molecule has 5 nitrogen and oxygen atoms in total. The molecule has 2 aliphatic rings. The van der Waals surface area contributed by atoms with Gasteiger partial charge in [-0.1, -0.05) is 31.0 Å². The highest BCUT2D eigenvalue weighted by Crippen LogP contribution is 2.42. The first-order valence-electron chi connectivity index (χ1n) is 9.22. The van der Waals surface area contributed by atoms with Gasteiger partial charge in [0, 0.05) is 12.1 Å². The molecule has 2 aromatic carbocycles. The third kappa shape index (κ3) is 3.89. The summed E-state index contributed by atoms with van der Waals surface area (Å²) in [5, 5.41) is 3.30. The number of amides is 1. The van der Waals surface area contributed by atoms with Crippen molar-refractivity contribution in [2.75, 3.05) is 13.2 Å². The molecule has 3 N–H and O–H groups in total. The van der Waals surface area contributed by atoms with E-state index in [0.717, 1.165) is 48.3 Å². The Morgan fingerprint density at radius 2 is 1.67 bits per heavy atom. The fourth-order valence-electron chi connectivity index (χ4n) is 3.89. The summed E-state index contributed by atoms with van der Waals surface area (Å²) in [5.74, 6) is 1.49. The summed E-state index contributed by atoms with van der Waals surface area (Å²) >= 11 is 0. The summed E-state index contributed by atoms with van der Waals surface area (Å²) in [4.78, 5) is 12.9. The van der Waals surface area contributed by atoms with Crippen LogP contribution < -0.4 is 20.5 Å². The minimum Gasteiger partial charge on any atom is -0.486 e. The molecule has 4 rings (SSSR count). The van der Waals surface area contributed by atoms with Crippen molar-refractivity contribution >= 4 is 18.3 Å². The van der Waals surface area contributed by atoms with Crippen LogP contribution in [0.1, 0.15) is 47.2 Å². The van der Waals surface area contributed by atoms with Gasteiger partial charge in [0.15, 0.2) is 11.5 Å². The number of nitrogens with two attached hydrogens (primary N) is 1. The Hall–Kier alpha value is -2.24. The third-order valence-corrected chi connectivity index (χ3v) is 5.36. The van der Waals surface area contributed by atoms with Gasteiger partial charge in [0.2, 0.25) is 0 Å². The summed E-state index contributed by atoms with van der Waals surface area (Å²) in [6.45, 7) is 1.61. The largest absolute Gasteiger partial charge is 0.486 e. The SMILES string of the molecule is Cl.NCc1ccc(C(=O)NC2(c3ccc4c(c3)OCCO4)CCCC2)cc1. The summed E-state index contributed by atoms with van der Waals surface area (Å²) in [6, 6.07) is 13.5. The molecule has 0 unspecified atom stereocenters. The molecule has 6 heteroatoms. The number of halogens is 1. The molecule has 1 aliphatic carbocycles. The summed E-state index contributed by atoms with van der Waals surface area (Å²) in [7, 11) is 0. The van der Waals surface area contributed by atoms with Gasteiger partial charge in [-0.05, 0) is 48.2 Å². The molecule has 0 radical (unpaired) electrons. The van der Waals surface area contributed by atoms with E-state index in [1.807, 2.05) is 36.4 Å². The number of hydrogen-bond donors (Lipinski definition) is 2. The lowest BCUT2D eigenvalue weighted by Crippen LogP contribution is -2.43. The first-order chi connectivity index (χ1) is 12.7. The zero-order valence-electron chi connectivity index (χ0n) is 15.2. The van der Waals surface area contributed by atoms with Gasteiger partial charge in [0.1, 0.15) is 13.2 Å². The minimum atomic E-state index is -0.348. The topological polar surface area (TPSA) is 73.6 Å². The number of hydrogen-bond acceptors (Lipinski definition) is 4. The van der Waals surface area contributed by atoms with Crippen LogP contribution in [-0.2, 0) is 12.1 Å². The molecule has 144 valence electrons. The molecule has 1 saturated carbocycles. The molecule has 1 fully saturated rings. The monoisotopic (exact) mass is 388 g/mol. The summed E-state index contributed by atoms with van der Waals surface area (Å²) < 4.78 is 11.4. The van der Waals surface area contributed by atoms with Gasteiger partial charge < -0.3 is 20.5 Å². The van der Waals surface area contributed by atoms with Crippen LogP contribution in [0.5, 0.6) is 11.5 Å². The van der Waals surface area contributed by atoms with Gasteiger partial charge in [-0.15, -0.1) is 12.4 Å². The maximum atomic E-state index is 12.9. The lowest BCUT2D eigenvalue weighted by molar-refractivity contribution is 0.0897. The normalized spacial score (nSPS) is 17.1. The summed E-state index contributed by atoms with van der Waals surface area (Å²) in [6.07, 6.45) is 4.06. The number of rotatable bonds is 4. The predicted molar refractivity (Wildman–Crippen MR) is 107 cm³/mol. The molecular weight excluding hydrogens is 364 g/mol. The quantitative estimate of drug-likeness (QED) is 0.840. The third-order valence-electron chi connectivity index (χ3n) is 5.36. The highest BCUT2D eigenvalue weighted by atomic mass is 35.5. The lowest BCUT2D eigenvalue weighted by atomic mass is 9.87. The molecule has 0 saturated heterocycles. The minimum absolute atomic E-state index is 0. The first kappa shape index (κ1) is 19.5. The zero-order valence-corrected chi connectivity index (χ0v) is 16.0. The van der Waals surface area contributed by atoms with Crippen molar-refractivity contribution in [1.82, 2.24) is 5.32 Å². The highest BCUT2D eigenvalue weighted by Gasteiger charge is 2.38. The fourth-order valence-corrected chi connectivity index (χ4v) is 3.89. The van der Waals surface area contributed by atoms with E-state index in [-0.39, 0.29) is 23.9 Å². The van der Waals surface area contributed by atoms with Crippen LogP contribution in [0.4, 0.5) is 0 Å². The lowest BCUT2D eigenvalue weighted by Gasteiger charge is -2.32. The van der Waals surface area contributed by atoms with E-state index in [2.05, 4.69) is 11.4 Å². The standard InChI is InChI=1S/C21H24N2O3.ClH/c22-14-15-3-5-16(6-4-15)20(24)23-21(9-1-2-10-21)17-7-8-18-19(13-17)26-12-11-25-18;/h3-8,13H,1-2,9-12,14,22H2,(H,23,24);1H. The Balaban J connectivity index is 0.00000210. The van der Waals surface area contributed by atoms with Crippen LogP contribution in [0, 0.1) is 0 Å². The molecule has 0 spiro atoms. The van der Waals surface area contributed by atoms with Crippen molar-refractivity contribution in [2.24, 2.45) is 5.73 Å². The van der Waals surface area contributed by atoms with Gasteiger partial charge in [0.05, 0.1) is 5.54 Å². The zero-order chi connectivity index (χ0) is 18.0. The number of carbonyl (C=O) groups is 1. The van der Waals surface area contributed by atoms with E-state index in [9.17, 15) is 4.79 Å². The Bertz CT molecular complexity index is 802. The van der Waals surface area contributed by atoms with Gasteiger partial charge in [-0.2, -0.15) is 0 Å². The molecule has 2 aromatic rings. The molecule has 0 bridgehead atoms. The maximum Gasteiger partial charge on any atom is 0.251 e. The van der Waals surface area contributed by atoms with Crippen molar-refractivity contribution in [3.8, 4) is 11.5 Å². The van der Waals surface area contributed by atoms with E-state index in [0.29, 0.717) is 25.3 Å². The second kappa shape index (κ2) is 8.19. The van der Waals surface area contributed by atoms with Crippen LogP contribution >= 0.6 is 12.4 Å². The Kier molecular flexibility index (Phi) is 5.92. The average Bonchev–Trinajstić information content (AvgIpc) is 3.17. The Morgan fingerprint density at radius 3 is 2.33 bits per heavy atom. The van der Waals surface area contributed by atoms with Crippen molar-refractivity contribution < 1.29 is 14.3 Å². The predicted octanol–water partition coefficient (Wildman–Crippen LogP) is 3.54. The molecular formula is C21H25ClN2O3. The van der Waals surface area contributed by atoms with Crippen LogP contribution in [-0.4, -0.2) is 19.1 Å². The van der Waals surface area contributed by atoms with E-state index in [4.69, 9.17) is 15.2 Å². The Morgan fingerprint density at radius 1 is 1.00 bits per heavy atom. The maximum absolute atomic E-state index is 12.9. The number of nitrogens with one attached hydrogen (secondary N) is 1. The molecule has 0 atom stereocenters. The van der Waals surface area contributed by atoms with Crippen LogP contribution in [0.2, 0.25) is 0 Å². The van der Waals surface area contributed by atoms with Gasteiger partial charge >= 0.3 is 0 Å². The fraction of sp³-hybridized carbons (Fsp3) is 0.381. The molecule has 1 aliphatic heterocycles. The number of fused-ring (bicyclic) bond motifs is 1. The Labute approximate surface area is 165 Å². The smallest absolute Gasteiger partial charge is 0.251 e. The van der Waals surface area contributed by atoms with Crippen molar-refractivity contribution in [3.63, 3.8) is 0 Å². The van der Waals surface area contributed by atoms with E-state index in [1.54, 1.807) is 0 Å². The van der Waals surface area contributed by atoms with E-state index >= 15 is 0 Å². The van der Waals surface area contributed by atoms with Crippen LogP contribution in [0.15, 0.2) is 42.5 Å². The number of benzene rings is 2. The first-order valence-corrected chi connectivity index (χ1v) is 9.22. The average molecular weight is 389 g/mol. The van der Waals surface area contributed by atoms with Crippen molar-refractivity contribution in [1.29, 1.82) is 0 Å². The van der Waals surface area contributed by atoms with Crippen LogP contribution in [0.25, 0.3) is 0 Å². The van der Waals surface area contributed by atoms with Crippen molar-refractivity contribution in [3.05, 3.63) is 59.2 Å². The molecule has 27 heavy (non-hydrogen) atoms. The molecule has 0 aromatic heterocycles. The highest BCUT2D eigenvalue weighted by molar-refractivity contribution is 5.94. The van der Waals surface area contributed by atoms with Gasteiger partial charge in [-0.3, -0.25) is 4.79 Å². The van der Waals surface area contributed by atoms with E-state index < -0.39 is 0 Å². The van der Waals surface area contributed by atoms with Gasteiger partial charge in [-0.25, -0.2) is 0 Å². The van der Waals surface area contributed by atoms with E-state index in [1.165, 1.54) is 0 Å². The second-order valence-electron chi connectivity index (χ2n) is 7.00.